The van der Waals surface area contributed by atoms with Crippen molar-refractivity contribution in [3.05, 3.63) is 192 Å². The molecule has 4 nitrogen and oxygen atoms in total. The normalized spacial score (nSPS) is 15.7. The van der Waals surface area contributed by atoms with E-state index in [1.54, 1.807) is 0 Å². The molecule has 73 heavy (non-hydrogen) atoms. The molecule has 2 aliphatic carbocycles. The third-order valence-electron chi connectivity index (χ3n) is 16.2. The van der Waals surface area contributed by atoms with Gasteiger partial charge >= 0.3 is 0 Å². The number of aromatic nitrogens is 3. The molecule has 9 aromatic rings. The maximum atomic E-state index is 12.8. The molecule has 0 bridgehead atoms. The van der Waals surface area contributed by atoms with Crippen LogP contribution < -0.4 is 0 Å². The fourth-order valence-electron chi connectivity index (χ4n) is 11.8. The molecule has 2 heterocycles. The van der Waals surface area contributed by atoms with Crippen LogP contribution in [0.3, 0.4) is 0 Å². The molecule has 368 valence electrons. The van der Waals surface area contributed by atoms with Crippen LogP contribution in [0.5, 0.6) is 5.75 Å². The summed E-state index contributed by atoms with van der Waals surface area (Å²) in [5, 5.41) is 12.8. The number of fused-ring (bicyclic) bond motifs is 1. The Bertz CT molecular complexity index is 3470. The number of benzene rings is 7. The Balaban J connectivity index is 1.11. The number of hydrogen-bond donors (Lipinski definition) is 1. The van der Waals surface area contributed by atoms with Crippen LogP contribution >= 0.6 is 0 Å². The molecule has 2 fully saturated rings. The van der Waals surface area contributed by atoms with E-state index in [0.717, 1.165) is 103 Å². The Kier molecular flexibility index (Phi) is 12.7. The van der Waals surface area contributed by atoms with Gasteiger partial charge in [-0.05, 0) is 152 Å². The van der Waals surface area contributed by atoms with E-state index in [0.29, 0.717) is 23.2 Å². The van der Waals surface area contributed by atoms with Gasteiger partial charge in [-0.15, -0.1) is 0 Å². The van der Waals surface area contributed by atoms with Gasteiger partial charge in [-0.3, -0.25) is 9.55 Å². The standard InChI is InChI=1S/C69H71N3O/c1-45(48-21-16-17-22-48)49-30-32-50(33-31-49)53-35-36-70-62(42-53)55-39-54(40-56(41-55)68(2,3)4)58-27-18-28-64-65(58)71-67(61-44-57(69(5,6)7)43-60(66(61)73)52-25-12-9-13-26-52)72(64)63-34-29-47(37-46-19-14-15-20-46)38-59(63)51-23-10-8-11-24-51/h8-13,18,23-36,38-46,48,73H,14-17,19-22,37H2,1-7H3/i45D. The lowest BCUT2D eigenvalue weighted by Gasteiger charge is -2.23. The van der Waals surface area contributed by atoms with Crippen molar-refractivity contribution >= 4 is 11.0 Å². The zero-order valence-electron chi connectivity index (χ0n) is 45.0. The van der Waals surface area contributed by atoms with E-state index >= 15 is 0 Å². The largest absolute Gasteiger partial charge is 0.507 e. The van der Waals surface area contributed by atoms with Crippen LogP contribution in [0.15, 0.2) is 170 Å². The second kappa shape index (κ2) is 19.8. The Morgan fingerprint density at radius 1 is 0.562 bits per heavy atom. The van der Waals surface area contributed by atoms with Crippen molar-refractivity contribution in [1.29, 1.82) is 0 Å². The highest BCUT2D eigenvalue weighted by Gasteiger charge is 2.28. The molecule has 0 radical (unpaired) electrons. The van der Waals surface area contributed by atoms with Gasteiger partial charge in [0.1, 0.15) is 11.6 Å². The fraction of sp³-hybridized carbons (Fsp3) is 0.304. The van der Waals surface area contributed by atoms with Crippen LogP contribution in [0.2, 0.25) is 0 Å². The lowest BCUT2D eigenvalue weighted by Crippen LogP contribution is -2.12. The number of nitrogens with zero attached hydrogens (tertiary/aromatic N) is 3. The molecule has 1 atom stereocenters. The van der Waals surface area contributed by atoms with Crippen LogP contribution in [0.4, 0.5) is 0 Å². The SMILES string of the molecule is [2H]C(C)(c1ccc(-c2ccnc(-c3cc(-c4cccc5c4nc(-c4cc(C(C)(C)C)cc(-c6ccccc6)c4O)n5-c4ccc(CC5CCCC5)cc4-c4ccccc4)cc(C(C)(C)C)c3)c2)cc1)C1CCCC1. The third kappa shape index (κ3) is 9.82. The minimum absolute atomic E-state index is 0.170. The highest BCUT2D eigenvalue weighted by atomic mass is 16.3. The molecule has 1 unspecified atom stereocenters. The quantitative estimate of drug-likeness (QED) is 0.141. The lowest BCUT2D eigenvalue weighted by molar-refractivity contribution is 0.461. The average Bonchev–Trinajstić information content (AvgIpc) is 4.23. The van der Waals surface area contributed by atoms with Gasteiger partial charge in [0.2, 0.25) is 0 Å². The lowest BCUT2D eigenvalue weighted by atomic mass is 9.83. The molecule has 0 amide bonds. The van der Waals surface area contributed by atoms with Crippen LogP contribution in [0, 0.1) is 11.8 Å². The predicted molar refractivity (Wildman–Crippen MR) is 307 cm³/mol. The molecular weight excluding hydrogens is 887 g/mol. The Morgan fingerprint density at radius 2 is 1.19 bits per heavy atom. The monoisotopic (exact) mass is 959 g/mol. The van der Waals surface area contributed by atoms with Crippen molar-refractivity contribution in [2.24, 2.45) is 11.8 Å². The topological polar surface area (TPSA) is 50.9 Å². The van der Waals surface area contributed by atoms with Crippen molar-refractivity contribution < 1.29 is 6.48 Å². The van der Waals surface area contributed by atoms with Crippen molar-refractivity contribution in [3.8, 4) is 78.6 Å². The molecule has 11 rings (SSSR count). The molecular formula is C69H71N3O. The Morgan fingerprint density at radius 3 is 1.88 bits per heavy atom. The van der Waals surface area contributed by atoms with Crippen molar-refractivity contribution in [2.75, 3.05) is 0 Å². The summed E-state index contributed by atoms with van der Waals surface area (Å²) >= 11 is 0. The van der Waals surface area contributed by atoms with Crippen molar-refractivity contribution in [3.63, 3.8) is 0 Å². The maximum absolute atomic E-state index is 12.8. The molecule has 2 saturated carbocycles. The minimum Gasteiger partial charge on any atom is -0.507 e. The second-order valence-corrected chi connectivity index (χ2v) is 23.3. The van der Waals surface area contributed by atoms with E-state index in [4.69, 9.17) is 9.97 Å². The van der Waals surface area contributed by atoms with E-state index in [1.165, 1.54) is 49.7 Å². The minimum atomic E-state index is -0.590. The van der Waals surface area contributed by atoms with Crippen LogP contribution in [-0.4, -0.2) is 19.6 Å². The summed E-state index contributed by atoms with van der Waals surface area (Å²) in [6, 6.07) is 58.9. The van der Waals surface area contributed by atoms with E-state index in [9.17, 15) is 6.48 Å². The zero-order valence-corrected chi connectivity index (χ0v) is 44.0. The van der Waals surface area contributed by atoms with E-state index in [2.05, 4.69) is 199 Å². The number of phenols is 1. The van der Waals surface area contributed by atoms with Gasteiger partial charge in [0, 0.05) is 29.8 Å². The molecule has 0 aliphatic heterocycles. The van der Waals surface area contributed by atoms with Gasteiger partial charge in [0.15, 0.2) is 0 Å². The first-order valence-electron chi connectivity index (χ1n) is 27.5. The van der Waals surface area contributed by atoms with E-state index < -0.39 is 5.89 Å². The summed E-state index contributed by atoms with van der Waals surface area (Å²) in [5.41, 5.74) is 18.1. The molecule has 4 heteroatoms. The highest BCUT2D eigenvalue weighted by molar-refractivity contribution is 5.98. The summed E-state index contributed by atoms with van der Waals surface area (Å²) in [5.74, 6) is 1.42. The first kappa shape index (κ1) is 47.0. The number of aromatic hydroxyl groups is 1. The summed E-state index contributed by atoms with van der Waals surface area (Å²) < 4.78 is 11.7. The molecule has 1 N–H and O–H groups in total. The van der Waals surface area contributed by atoms with Crippen LogP contribution in [0.1, 0.15) is 129 Å². The van der Waals surface area contributed by atoms with E-state index in [1.807, 2.05) is 24.4 Å². The molecule has 0 saturated heterocycles. The van der Waals surface area contributed by atoms with E-state index in [-0.39, 0.29) is 16.6 Å². The van der Waals surface area contributed by atoms with Gasteiger partial charge < -0.3 is 5.11 Å². The van der Waals surface area contributed by atoms with Crippen molar-refractivity contribution in [1.82, 2.24) is 14.5 Å². The first-order chi connectivity index (χ1) is 35.6. The summed E-state index contributed by atoms with van der Waals surface area (Å²) in [7, 11) is 0. The predicted octanol–water partition coefficient (Wildman–Crippen LogP) is 18.7. The third-order valence-corrected chi connectivity index (χ3v) is 16.2. The van der Waals surface area contributed by atoms with Gasteiger partial charge in [-0.2, -0.15) is 0 Å². The highest BCUT2D eigenvalue weighted by Crippen LogP contribution is 2.47. The van der Waals surface area contributed by atoms with Gasteiger partial charge in [0.25, 0.3) is 0 Å². The summed E-state index contributed by atoms with van der Waals surface area (Å²) in [4.78, 5) is 10.8. The Labute approximate surface area is 435 Å². The smallest absolute Gasteiger partial charge is 0.149 e. The number of hydrogen-bond acceptors (Lipinski definition) is 3. The van der Waals surface area contributed by atoms with Crippen LogP contribution in [-0.2, 0) is 17.3 Å². The molecule has 7 aromatic carbocycles. The second-order valence-electron chi connectivity index (χ2n) is 23.3. The maximum Gasteiger partial charge on any atom is 0.149 e. The molecule has 2 aliphatic rings. The number of para-hydroxylation sites is 1. The summed E-state index contributed by atoms with van der Waals surface area (Å²) in [6.45, 7) is 15.6. The molecule has 0 spiro atoms. The number of phenolic OH excluding ortho intramolecular Hbond substituents is 1. The average molecular weight is 959 g/mol. The summed E-state index contributed by atoms with van der Waals surface area (Å²) in [6.07, 6.45) is 12.9. The number of imidazole rings is 1. The number of pyridine rings is 1. The van der Waals surface area contributed by atoms with Gasteiger partial charge in [-0.25, -0.2) is 4.98 Å². The van der Waals surface area contributed by atoms with Crippen molar-refractivity contribution in [2.45, 2.75) is 123 Å². The van der Waals surface area contributed by atoms with Crippen LogP contribution in [0.25, 0.3) is 83.9 Å². The Hall–Kier alpha value is -7.04. The van der Waals surface area contributed by atoms with Gasteiger partial charge in [-0.1, -0.05) is 196 Å². The first-order valence-corrected chi connectivity index (χ1v) is 27.0. The molecule has 2 aromatic heterocycles. The fourth-order valence-corrected chi connectivity index (χ4v) is 11.8. The van der Waals surface area contributed by atoms with Gasteiger partial charge in [0.05, 0.1) is 28.0 Å². The zero-order chi connectivity index (χ0) is 51.4. The number of rotatable bonds is 11.